The number of amides is 1. The topological polar surface area (TPSA) is 120 Å². The molecule has 0 bridgehead atoms. The highest BCUT2D eigenvalue weighted by atomic mass is 19.3. The highest BCUT2D eigenvalue weighted by Gasteiger charge is 2.45. The third kappa shape index (κ3) is 4.40. The smallest absolute Gasteiger partial charge is 0.407 e. The number of nitrogens with zero attached hydrogens (tertiary/aromatic N) is 2. The molecule has 0 saturated carbocycles. The summed E-state index contributed by atoms with van der Waals surface area (Å²) < 4.78 is 39.5. The van der Waals surface area contributed by atoms with E-state index in [9.17, 15) is 28.3 Å². The summed E-state index contributed by atoms with van der Waals surface area (Å²) in [6.07, 6.45) is -3.44. The first-order chi connectivity index (χ1) is 20.1. The van der Waals surface area contributed by atoms with Gasteiger partial charge in [0.25, 0.3) is 12.0 Å². The number of aromatic nitrogens is 2. The van der Waals surface area contributed by atoms with Gasteiger partial charge >= 0.3 is 12.1 Å². The van der Waals surface area contributed by atoms with Crippen molar-refractivity contribution in [2.24, 2.45) is 0 Å². The lowest BCUT2D eigenvalue weighted by molar-refractivity contribution is -0.172. The Morgan fingerprint density at radius 1 is 1.17 bits per heavy atom. The first-order valence-corrected chi connectivity index (χ1v) is 13.5. The number of rotatable bonds is 6. The van der Waals surface area contributed by atoms with Gasteiger partial charge in [-0.15, -0.1) is 0 Å². The fraction of sp³-hybridized carbons (Fsp3) is 0.290. The number of aliphatic hydroxyl groups is 1. The van der Waals surface area contributed by atoms with Crippen LogP contribution in [0.5, 0.6) is 0 Å². The van der Waals surface area contributed by atoms with Crippen LogP contribution >= 0.6 is 0 Å². The van der Waals surface area contributed by atoms with E-state index < -0.39 is 35.7 Å². The van der Waals surface area contributed by atoms with Crippen molar-refractivity contribution in [3.8, 4) is 11.4 Å². The van der Waals surface area contributed by atoms with Crippen LogP contribution in [-0.4, -0.2) is 26.7 Å². The highest BCUT2D eigenvalue weighted by molar-refractivity contribution is 5.90. The Bertz CT molecular complexity index is 1810. The van der Waals surface area contributed by atoms with Gasteiger partial charge in [-0.2, -0.15) is 0 Å². The summed E-state index contributed by atoms with van der Waals surface area (Å²) in [5.74, 6) is -0.835. The number of fused-ring (bicyclic) bond motifs is 5. The lowest BCUT2D eigenvalue weighted by atomic mass is 9.86. The maximum atomic E-state index is 13.7. The Kier molecular flexibility index (Phi) is 6.77. The van der Waals surface area contributed by atoms with E-state index in [2.05, 4.69) is 5.32 Å². The number of benzene rings is 2. The van der Waals surface area contributed by atoms with Gasteiger partial charge in [0.05, 0.1) is 35.1 Å². The van der Waals surface area contributed by atoms with Crippen LogP contribution in [0.2, 0.25) is 0 Å². The minimum absolute atomic E-state index is 0.00651. The van der Waals surface area contributed by atoms with Crippen LogP contribution in [0.1, 0.15) is 66.1 Å². The van der Waals surface area contributed by atoms with Crippen LogP contribution in [0.25, 0.3) is 22.3 Å². The van der Waals surface area contributed by atoms with E-state index in [-0.39, 0.29) is 42.9 Å². The number of esters is 1. The number of alkyl halides is 2. The number of hydrogen-bond acceptors (Lipinski definition) is 7. The molecule has 0 spiro atoms. The van der Waals surface area contributed by atoms with Crippen LogP contribution in [0.3, 0.4) is 0 Å². The maximum Gasteiger partial charge on any atom is 0.407 e. The molecule has 1 amide bonds. The average Bonchev–Trinajstić information content (AvgIpc) is 3.35. The van der Waals surface area contributed by atoms with Crippen molar-refractivity contribution in [1.82, 2.24) is 14.9 Å². The second-order valence-electron chi connectivity index (χ2n) is 10.5. The van der Waals surface area contributed by atoms with Crippen molar-refractivity contribution in [3.05, 3.63) is 98.3 Å². The van der Waals surface area contributed by atoms with Gasteiger partial charge in [-0.1, -0.05) is 43.3 Å². The number of ether oxygens (including phenoxy) is 2. The fourth-order valence-corrected chi connectivity index (χ4v) is 5.77. The predicted molar refractivity (Wildman–Crippen MR) is 148 cm³/mol. The van der Waals surface area contributed by atoms with Crippen LogP contribution in [0.15, 0.2) is 59.4 Å². The molecule has 6 rings (SSSR count). The molecular formula is C31H27F2N3O6. The molecule has 11 heteroatoms. The summed E-state index contributed by atoms with van der Waals surface area (Å²) in [5.41, 5.74) is 0.672. The Balaban J connectivity index is 1.46. The molecular weight excluding hydrogens is 548 g/mol. The Morgan fingerprint density at radius 3 is 2.64 bits per heavy atom. The number of nitrogens with one attached hydrogen (secondary N) is 1. The quantitative estimate of drug-likeness (QED) is 0.273. The molecule has 2 aromatic heterocycles. The van der Waals surface area contributed by atoms with E-state index in [1.54, 1.807) is 19.9 Å². The predicted octanol–water partition coefficient (Wildman–Crippen LogP) is 5.00. The third-order valence-corrected chi connectivity index (χ3v) is 7.99. The Hall–Kier alpha value is -4.64. The zero-order valence-corrected chi connectivity index (χ0v) is 22.8. The SMILES string of the molecule is CC[C@@]1(O)C(=O)OCc2c1cc1n(c2=O)Cc2c-1nc1ccc(C(F)F)cc1c2[C@@H](C)NC(=O)OCc1ccccc1. The summed E-state index contributed by atoms with van der Waals surface area (Å²) in [7, 11) is 0. The molecule has 0 fully saturated rings. The number of cyclic esters (lactones) is 1. The number of hydrogen-bond donors (Lipinski definition) is 2. The van der Waals surface area contributed by atoms with Gasteiger partial charge in [0.2, 0.25) is 0 Å². The zero-order chi connectivity index (χ0) is 29.8. The molecule has 42 heavy (non-hydrogen) atoms. The normalized spacial score (nSPS) is 17.8. The van der Waals surface area contributed by atoms with Gasteiger partial charge in [0, 0.05) is 22.1 Å². The van der Waals surface area contributed by atoms with Crippen LogP contribution in [0, 0.1) is 0 Å². The summed E-state index contributed by atoms with van der Waals surface area (Å²) in [4.78, 5) is 43.7. The molecule has 2 aliphatic heterocycles. The van der Waals surface area contributed by atoms with Crippen molar-refractivity contribution in [1.29, 1.82) is 0 Å². The molecule has 0 unspecified atom stereocenters. The summed E-state index contributed by atoms with van der Waals surface area (Å²) in [5, 5.41) is 14.4. The third-order valence-electron chi connectivity index (χ3n) is 7.99. The van der Waals surface area contributed by atoms with E-state index in [4.69, 9.17) is 14.5 Å². The van der Waals surface area contributed by atoms with Gasteiger partial charge in [-0.25, -0.2) is 23.4 Å². The first kappa shape index (κ1) is 27.5. The molecule has 2 N–H and O–H groups in total. The average molecular weight is 576 g/mol. The number of alkyl carbamates (subject to hydrolysis) is 1. The van der Waals surface area contributed by atoms with Crippen molar-refractivity contribution in [3.63, 3.8) is 0 Å². The van der Waals surface area contributed by atoms with Gasteiger partial charge in [0.15, 0.2) is 5.60 Å². The lowest BCUT2D eigenvalue weighted by Crippen LogP contribution is -2.44. The molecule has 4 aromatic rings. The van der Waals surface area contributed by atoms with Crippen molar-refractivity contribution in [2.45, 2.75) is 58.1 Å². The largest absolute Gasteiger partial charge is 0.458 e. The van der Waals surface area contributed by atoms with Crippen molar-refractivity contribution < 1.29 is 33.0 Å². The molecule has 216 valence electrons. The Labute approximate surface area is 238 Å². The minimum atomic E-state index is -2.73. The molecule has 2 atom stereocenters. The number of carbonyl (C=O) groups excluding carboxylic acids is 2. The van der Waals surface area contributed by atoms with Crippen LogP contribution in [0.4, 0.5) is 13.6 Å². The monoisotopic (exact) mass is 575 g/mol. The van der Waals surface area contributed by atoms with Crippen molar-refractivity contribution in [2.75, 3.05) is 0 Å². The lowest BCUT2D eigenvalue weighted by Gasteiger charge is -2.31. The number of carbonyl (C=O) groups is 2. The second-order valence-corrected chi connectivity index (χ2v) is 10.5. The van der Waals surface area contributed by atoms with Gasteiger partial charge in [-0.3, -0.25) is 4.79 Å². The van der Waals surface area contributed by atoms with E-state index in [1.165, 1.54) is 22.8 Å². The van der Waals surface area contributed by atoms with Gasteiger partial charge < -0.3 is 24.5 Å². The van der Waals surface area contributed by atoms with Gasteiger partial charge in [0.1, 0.15) is 13.2 Å². The Morgan fingerprint density at radius 2 is 1.93 bits per heavy atom. The molecule has 0 saturated heterocycles. The number of halogens is 2. The van der Waals surface area contributed by atoms with E-state index >= 15 is 0 Å². The zero-order valence-electron chi connectivity index (χ0n) is 22.8. The van der Waals surface area contributed by atoms with E-state index in [0.717, 1.165) is 5.56 Å². The maximum absolute atomic E-state index is 13.7. The number of pyridine rings is 2. The van der Waals surface area contributed by atoms with E-state index in [1.807, 2.05) is 30.3 Å². The molecule has 4 heterocycles. The summed E-state index contributed by atoms with van der Waals surface area (Å²) >= 11 is 0. The highest BCUT2D eigenvalue weighted by Crippen LogP contribution is 2.42. The van der Waals surface area contributed by atoms with E-state index in [0.29, 0.717) is 33.4 Å². The summed E-state index contributed by atoms with van der Waals surface area (Å²) in [6, 6.07) is 14.1. The fourth-order valence-electron chi connectivity index (χ4n) is 5.77. The molecule has 2 aromatic carbocycles. The van der Waals surface area contributed by atoms with Crippen LogP contribution in [-0.2, 0) is 39.6 Å². The van der Waals surface area contributed by atoms with Crippen LogP contribution < -0.4 is 10.9 Å². The summed E-state index contributed by atoms with van der Waals surface area (Å²) in [6.45, 7) is 3.11. The molecule has 0 aliphatic carbocycles. The second kappa shape index (κ2) is 10.3. The first-order valence-electron chi connectivity index (χ1n) is 13.5. The van der Waals surface area contributed by atoms with Gasteiger partial charge in [-0.05, 0) is 42.7 Å². The standard InChI is InChI=1S/C31H27F2N3O6/c1-3-31(40)22-12-24-26-20(13-36(24)28(37)21(22)15-41-29(31)38)25(19-11-18(27(32)33)9-10-23(19)35-26)16(2)34-30(39)42-14-17-7-5-4-6-8-17/h4-12,16,27,40H,3,13-15H2,1-2H3,(H,34,39)/t16-,31+/m1/s1. The molecule has 0 radical (unpaired) electrons. The molecule has 2 aliphatic rings. The molecule has 9 nitrogen and oxygen atoms in total. The van der Waals surface area contributed by atoms with Crippen molar-refractivity contribution >= 4 is 23.0 Å². The minimum Gasteiger partial charge on any atom is -0.458 e.